The van der Waals surface area contributed by atoms with Crippen molar-refractivity contribution in [2.75, 3.05) is 4.90 Å². The van der Waals surface area contributed by atoms with Crippen LogP contribution in [0.15, 0.2) is 249 Å². The molecule has 0 bridgehead atoms. The van der Waals surface area contributed by atoms with Crippen LogP contribution in [0.4, 0.5) is 17.1 Å². The molecule has 0 saturated heterocycles. The van der Waals surface area contributed by atoms with Gasteiger partial charge in [0.15, 0.2) is 0 Å². The Morgan fingerprint density at radius 1 is 0.262 bits per heavy atom. The maximum atomic E-state index is 2.49. The van der Waals surface area contributed by atoms with Crippen molar-refractivity contribution in [1.82, 2.24) is 0 Å². The summed E-state index contributed by atoms with van der Waals surface area (Å²) in [5.74, 6) is 0. The first-order valence-electron chi connectivity index (χ1n) is 21.3. The Kier molecular flexibility index (Phi) is 8.05. The molecule has 61 heavy (non-hydrogen) atoms. The number of rotatable bonds is 7. The average Bonchev–Trinajstić information content (AvgIpc) is 3.81. The van der Waals surface area contributed by atoms with Crippen molar-refractivity contribution in [3.05, 3.63) is 293 Å². The SMILES string of the molecule is c1ccc(N(c2ccc3c(c2)C(c2ccccc2)(c2ccccc2)c2ccccc2-3)c2ccc3c(c2)C(c2ccccc2)(c2ccccc2)c2ccc4ccccc4c2-3)cc1. The first kappa shape index (κ1) is 35.2. The van der Waals surface area contributed by atoms with Gasteiger partial charge in [0.05, 0.1) is 10.8 Å². The summed E-state index contributed by atoms with van der Waals surface area (Å²) in [7, 11) is 0. The van der Waals surface area contributed by atoms with E-state index < -0.39 is 10.8 Å². The molecule has 0 heterocycles. The molecular formula is C60H41N. The van der Waals surface area contributed by atoms with Gasteiger partial charge in [-0.25, -0.2) is 0 Å². The van der Waals surface area contributed by atoms with Gasteiger partial charge in [0, 0.05) is 17.1 Å². The summed E-state index contributed by atoms with van der Waals surface area (Å²) in [6, 6.07) is 92.2. The van der Waals surface area contributed by atoms with E-state index in [-0.39, 0.29) is 0 Å². The predicted octanol–water partition coefficient (Wildman–Crippen LogP) is 15.0. The van der Waals surface area contributed by atoms with E-state index in [9.17, 15) is 0 Å². The molecule has 0 aliphatic heterocycles. The quantitative estimate of drug-likeness (QED) is 0.156. The number of benzene rings is 10. The molecule has 0 saturated carbocycles. The monoisotopic (exact) mass is 775 g/mol. The van der Waals surface area contributed by atoms with Crippen LogP contribution in [0.5, 0.6) is 0 Å². The maximum Gasteiger partial charge on any atom is 0.0714 e. The molecule has 2 aliphatic carbocycles. The maximum absolute atomic E-state index is 2.49. The van der Waals surface area contributed by atoms with Crippen LogP contribution in [0.3, 0.4) is 0 Å². The van der Waals surface area contributed by atoms with E-state index in [2.05, 4.69) is 254 Å². The molecular weight excluding hydrogens is 735 g/mol. The summed E-state index contributed by atoms with van der Waals surface area (Å²) in [6.45, 7) is 0. The third kappa shape index (κ3) is 5.08. The van der Waals surface area contributed by atoms with Crippen LogP contribution in [-0.4, -0.2) is 0 Å². The van der Waals surface area contributed by atoms with Gasteiger partial charge in [0.1, 0.15) is 0 Å². The van der Waals surface area contributed by atoms with Crippen LogP contribution in [0.2, 0.25) is 0 Å². The molecule has 0 atom stereocenters. The predicted molar refractivity (Wildman–Crippen MR) is 253 cm³/mol. The van der Waals surface area contributed by atoms with Gasteiger partial charge in [-0.2, -0.15) is 0 Å². The van der Waals surface area contributed by atoms with Gasteiger partial charge in [0.2, 0.25) is 0 Å². The number of anilines is 3. The van der Waals surface area contributed by atoms with Gasteiger partial charge in [0.25, 0.3) is 0 Å². The zero-order valence-corrected chi connectivity index (χ0v) is 33.6. The fourth-order valence-corrected chi connectivity index (χ4v) is 11.0. The first-order valence-corrected chi connectivity index (χ1v) is 21.3. The van der Waals surface area contributed by atoms with Crippen LogP contribution in [0.1, 0.15) is 44.5 Å². The summed E-state index contributed by atoms with van der Waals surface area (Å²) >= 11 is 0. The molecule has 1 nitrogen and oxygen atoms in total. The number of hydrogen-bond donors (Lipinski definition) is 0. The number of nitrogens with zero attached hydrogens (tertiary/aromatic N) is 1. The van der Waals surface area contributed by atoms with Gasteiger partial charge >= 0.3 is 0 Å². The molecule has 0 radical (unpaired) electrons. The molecule has 0 N–H and O–H groups in total. The van der Waals surface area contributed by atoms with Crippen molar-refractivity contribution in [2.24, 2.45) is 0 Å². The molecule has 0 aromatic heterocycles. The van der Waals surface area contributed by atoms with E-state index in [1.807, 2.05) is 0 Å². The third-order valence-corrected chi connectivity index (χ3v) is 13.4. The second-order valence-corrected chi connectivity index (χ2v) is 16.3. The Labute approximate surface area is 357 Å². The van der Waals surface area contributed by atoms with E-state index in [0.29, 0.717) is 0 Å². The van der Waals surface area contributed by atoms with Gasteiger partial charge in [-0.1, -0.05) is 212 Å². The number of fused-ring (bicyclic) bond motifs is 8. The Hall–Kier alpha value is -7.74. The van der Waals surface area contributed by atoms with Crippen LogP contribution in [0.25, 0.3) is 33.0 Å². The van der Waals surface area contributed by atoms with Crippen molar-refractivity contribution >= 4 is 27.8 Å². The van der Waals surface area contributed by atoms with Gasteiger partial charge in [-0.3, -0.25) is 0 Å². The van der Waals surface area contributed by atoms with Crippen molar-refractivity contribution in [2.45, 2.75) is 10.8 Å². The lowest BCUT2D eigenvalue weighted by Crippen LogP contribution is -2.29. The average molecular weight is 776 g/mol. The van der Waals surface area contributed by atoms with Gasteiger partial charge in [-0.05, 0) is 114 Å². The molecule has 1 heteroatoms. The van der Waals surface area contributed by atoms with E-state index in [0.717, 1.165) is 17.1 Å². The first-order chi connectivity index (χ1) is 30.3. The highest BCUT2D eigenvalue weighted by Gasteiger charge is 2.48. The van der Waals surface area contributed by atoms with Gasteiger partial charge < -0.3 is 4.90 Å². The van der Waals surface area contributed by atoms with Crippen molar-refractivity contribution in [3.63, 3.8) is 0 Å². The Morgan fingerprint density at radius 2 is 0.689 bits per heavy atom. The molecule has 0 unspecified atom stereocenters. The fraction of sp³-hybridized carbons (Fsp3) is 0.0333. The Bertz CT molecular complexity index is 3150. The Morgan fingerprint density at radius 3 is 1.26 bits per heavy atom. The molecule has 0 fully saturated rings. The molecule has 0 amide bonds. The van der Waals surface area contributed by atoms with Crippen molar-refractivity contribution in [3.8, 4) is 22.3 Å². The van der Waals surface area contributed by atoms with Gasteiger partial charge in [-0.15, -0.1) is 0 Å². The minimum atomic E-state index is -0.551. The van der Waals surface area contributed by atoms with E-state index in [1.165, 1.54) is 77.5 Å². The fourth-order valence-electron chi connectivity index (χ4n) is 11.0. The zero-order chi connectivity index (χ0) is 40.4. The topological polar surface area (TPSA) is 3.24 Å². The molecule has 12 rings (SSSR count). The normalized spacial score (nSPS) is 13.8. The van der Waals surface area contributed by atoms with E-state index >= 15 is 0 Å². The minimum Gasteiger partial charge on any atom is -0.310 e. The number of hydrogen-bond acceptors (Lipinski definition) is 1. The lowest BCUT2D eigenvalue weighted by atomic mass is 9.67. The second kappa shape index (κ2) is 13.9. The van der Waals surface area contributed by atoms with Crippen LogP contribution in [-0.2, 0) is 10.8 Å². The van der Waals surface area contributed by atoms with Crippen molar-refractivity contribution in [1.29, 1.82) is 0 Å². The zero-order valence-electron chi connectivity index (χ0n) is 33.6. The highest BCUT2D eigenvalue weighted by molar-refractivity contribution is 6.04. The summed E-state index contributed by atoms with van der Waals surface area (Å²) in [4.78, 5) is 2.46. The Balaban J connectivity index is 1.15. The molecule has 0 spiro atoms. The number of para-hydroxylation sites is 1. The molecule has 10 aromatic rings. The molecule has 10 aromatic carbocycles. The van der Waals surface area contributed by atoms with E-state index in [4.69, 9.17) is 0 Å². The summed E-state index contributed by atoms with van der Waals surface area (Å²) < 4.78 is 0. The summed E-state index contributed by atoms with van der Waals surface area (Å²) in [5, 5.41) is 2.53. The minimum absolute atomic E-state index is 0.511. The van der Waals surface area contributed by atoms with Crippen molar-refractivity contribution < 1.29 is 0 Å². The lowest BCUT2D eigenvalue weighted by Gasteiger charge is -2.36. The lowest BCUT2D eigenvalue weighted by molar-refractivity contribution is 0.767. The summed E-state index contributed by atoms with van der Waals surface area (Å²) in [5.41, 5.74) is 17.6. The van der Waals surface area contributed by atoms with Crippen LogP contribution < -0.4 is 4.90 Å². The van der Waals surface area contributed by atoms with E-state index in [1.54, 1.807) is 0 Å². The van der Waals surface area contributed by atoms with Crippen LogP contribution in [0, 0.1) is 0 Å². The smallest absolute Gasteiger partial charge is 0.0714 e. The van der Waals surface area contributed by atoms with Crippen LogP contribution >= 0.6 is 0 Å². The largest absolute Gasteiger partial charge is 0.310 e. The third-order valence-electron chi connectivity index (χ3n) is 13.4. The molecule has 286 valence electrons. The second-order valence-electron chi connectivity index (χ2n) is 16.3. The summed E-state index contributed by atoms with van der Waals surface area (Å²) in [6.07, 6.45) is 0. The standard InChI is InChI=1S/C60H41N/c1-6-21-43(22-7-1)59(44-23-8-2-9-24-44)54-33-19-18-32-51(54)52-37-35-48(40-56(52)59)61(47-29-14-5-15-30-47)49-36-38-53-57(41-49)60(45-25-10-3-11-26-45,46-27-12-4-13-28-46)55-39-34-42-20-16-17-31-50(42)58(53)55/h1-41H. The highest BCUT2D eigenvalue weighted by atomic mass is 15.1. The highest BCUT2D eigenvalue weighted by Crippen LogP contribution is 2.60. The molecule has 2 aliphatic rings.